The fourth-order valence-corrected chi connectivity index (χ4v) is 3.71. The number of aldehydes is 2. The Bertz CT molecular complexity index is 394. The number of hydrogen-bond acceptors (Lipinski definition) is 4. The lowest BCUT2D eigenvalue weighted by molar-refractivity contribution is -0.156. The van der Waals surface area contributed by atoms with Crippen LogP contribution in [0.25, 0.3) is 0 Å². The summed E-state index contributed by atoms with van der Waals surface area (Å²) < 4.78 is 0. The molecular formula is C17H29NO4. The molecular weight excluding hydrogens is 282 g/mol. The molecule has 1 rings (SSSR count). The van der Waals surface area contributed by atoms with E-state index in [1.807, 2.05) is 13.8 Å². The average molecular weight is 311 g/mol. The molecule has 0 aromatic rings. The van der Waals surface area contributed by atoms with Crippen molar-refractivity contribution in [1.29, 1.82) is 0 Å². The van der Waals surface area contributed by atoms with Crippen molar-refractivity contribution in [3.63, 3.8) is 0 Å². The minimum Gasteiger partial charge on any atom is -0.480 e. The minimum atomic E-state index is -0.850. The lowest BCUT2D eigenvalue weighted by Gasteiger charge is -2.43. The zero-order valence-electron chi connectivity index (χ0n) is 13.8. The number of carbonyl (C=O) groups is 3. The fraction of sp³-hybridized carbons (Fsp3) is 0.824. The number of unbranched alkanes of at least 4 members (excludes halogenated alkanes) is 4. The summed E-state index contributed by atoms with van der Waals surface area (Å²) in [5.41, 5.74) is -1.14. The number of carbonyl (C=O) groups excluding carboxylic acids is 2. The summed E-state index contributed by atoms with van der Waals surface area (Å²) in [7, 11) is 0. The summed E-state index contributed by atoms with van der Waals surface area (Å²) in [6, 6.07) is 0. The van der Waals surface area contributed by atoms with E-state index in [4.69, 9.17) is 0 Å². The van der Waals surface area contributed by atoms with Crippen molar-refractivity contribution in [2.45, 2.75) is 70.8 Å². The van der Waals surface area contributed by atoms with Gasteiger partial charge in [0.1, 0.15) is 18.1 Å². The smallest absolute Gasteiger partial charge is 0.324 e. The highest BCUT2D eigenvalue weighted by Crippen LogP contribution is 2.48. The number of aliphatic carboxylic acids is 1. The summed E-state index contributed by atoms with van der Waals surface area (Å²) in [5, 5.41) is 9.96. The van der Waals surface area contributed by atoms with E-state index in [1.165, 1.54) is 0 Å². The van der Waals surface area contributed by atoms with Crippen LogP contribution in [0.1, 0.15) is 65.2 Å². The maximum absolute atomic E-state index is 12.1. The van der Waals surface area contributed by atoms with Crippen LogP contribution >= 0.6 is 0 Å². The largest absolute Gasteiger partial charge is 0.480 e. The minimum absolute atomic E-state index is 0.287. The number of carboxylic acids is 1. The number of rotatable bonds is 11. The van der Waals surface area contributed by atoms with E-state index < -0.39 is 11.5 Å². The molecule has 1 atom stereocenters. The van der Waals surface area contributed by atoms with Gasteiger partial charge in [0.15, 0.2) is 0 Å². The second kappa shape index (κ2) is 8.42. The molecule has 1 unspecified atom stereocenters. The maximum Gasteiger partial charge on any atom is 0.324 e. The normalized spacial score (nSPS) is 24.3. The lowest BCUT2D eigenvalue weighted by Crippen LogP contribution is -2.58. The van der Waals surface area contributed by atoms with E-state index in [9.17, 15) is 19.5 Å². The molecule has 1 N–H and O–H groups in total. The summed E-state index contributed by atoms with van der Waals surface area (Å²) >= 11 is 0. The van der Waals surface area contributed by atoms with Gasteiger partial charge in [-0.25, -0.2) is 0 Å². The predicted molar refractivity (Wildman–Crippen MR) is 84.8 cm³/mol. The van der Waals surface area contributed by atoms with Crippen molar-refractivity contribution in [1.82, 2.24) is 4.90 Å². The van der Waals surface area contributed by atoms with E-state index in [-0.39, 0.29) is 5.41 Å². The van der Waals surface area contributed by atoms with E-state index in [0.717, 1.165) is 57.8 Å². The highest BCUT2D eigenvalue weighted by Gasteiger charge is 2.58. The van der Waals surface area contributed by atoms with Crippen molar-refractivity contribution in [3.8, 4) is 0 Å². The molecule has 1 heterocycles. The molecule has 0 saturated carbocycles. The van der Waals surface area contributed by atoms with Gasteiger partial charge < -0.3 is 14.7 Å². The van der Waals surface area contributed by atoms with Crippen molar-refractivity contribution >= 4 is 18.5 Å². The van der Waals surface area contributed by atoms with Crippen molar-refractivity contribution in [2.75, 3.05) is 13.1 Å². The Morgan fingerprint density at radius 1 is 1.09 bits per heavy atom. The first-order valence-electron chi connectivity index (χ1n) is 8.28. The second-order valence-electron chi connectivity index (χ2n) is 6.86. The van der Waals surface area contributed by atoms with Gasteiger partial charge in [0, 0.05) is 12.8 Å². The predicted octanol–water partition coefficient (Wildman–Crippen LogP) is 2.67. The van der Waals surface area contributed by atoms with Crippen LogP contribution in [-0.4, -0.2) is 47.2 Å². The second-order valence-corrected chi connectivity index (χ2v) is 6.86. The first kappa shape index (κ1) is 18.8. The Morgan fingerprint density at radius 3 is 2.23 bits per heavy atom. The van der Waals surface area contributed by atoms with E-state index in [1.54, 1.807) is 0 Å². The van der Waals surface area contributed by atoms with Crippen LogP contribution in [-0.2, 0) is 14.4 Å². The number of hydrogen-bond donors (Lipinski definition) is 1. The molecule has 0 spiro atoms. The summed E-state index contributed by atoms with van der Waals surface area (Å²) in [5.74, 6) is -0.753. The maximum atomic E-state index is 12.1. The van der Waals surface area contributed by atoms with Crippen LogP contribution in [0.4, 0.5) is 0 Å². The molecule has 1 aliphatic heterocycles. The third-order valence-corrected chi connectivity index (χ3v) is 5.13. The SMILES string of the molecule is CC1(C)CCN(CCCCC=O)C1(CCCCC=O)C(=O)O. The molecule has 5 heteroatoms. The first-order chi connectivity index (χ1) is 10.4. The molecule has 0 aliphatic carbocycles. The van der Waals surface area contributed by atoms with Gasteiger partial charge >= 0.3 is 5.97 Å². The molecule has 0 radical (unpaired) electrons. The van der Waals surface area contributed by atoms with Gasteiger partial charge in [-0.05, 0) is 50.6 Å². The molecule has 1 aliphatic rings. The van der Waals surface area contributed by atoms with Gasteiger partial charge in [0.25, 0.3) is 0 Å². The molecule has 0 bridgehead atoms. The Morgan fingerprint density at radius 2 is 1.68 bits per heavy atom. The van der Waals surface area contributed by atoms with Crippen LogP contribution in [0.15, 0.2) is 0 Å². The van der Waals surface area contributed by atoms with Crippen molar-refractivity contribution in [3.05, 3.63) is 0 Å². The topological polar surface area (TPSA) is 74.7 Å². The van der Waals surface area contributed by atoms with E-state index in [0.29, 0.717) is 19.3 Å². The Kier molecular flexibility index (Phi) is 7.20. The summed E-state index contributed by atoms with van der Waals surface area (Å²) in [6.45, 7) is 5.57. The van der Waals surface area contributed by atoms with E-state index in [2.05, 4.69) is 4.90 Å². The highest BCUT2D eigenvalue weighted by molar-refractivity contribution is 5.80. The Labute approximate surface area is 133 Å². The average Bonchev–Trinajstić information content (AvgIpc) is 2.72. The fourth-order valence-electron chi connectivity index (χ4n) is 3.71. The number of carboxylic acid groups (broad SMARTS) is 1. The molecule has 126 valence electrons. The van der Waals surface area contributed by atoms with Crippen molar-refractivity contribution < 1.29 is 19.5 Å². The van der Waals surface area contributed by atoms with Gasteiger partial charge in [-0.15, -0.1) is 0 Å². The van der Waals surface area contributed by atoms with Crippen LogP contribution in [0.3, 0.4) is 0 Å². The van der Waals surface area contributed by atoms with Gasteiger partial charge in [-0.1, -0.05) is 20.3 Å². The monoisotopic (exact) mass is 311 g/mol. The van der Waals surface area contributed by atoms with Gasteiger partial charge in [0.2, 0.25) is 0 Å². The van der Waals surface area contributed by atoms with Crippen LogP contribution in [0.2, 0.25) is 0 Å². The van der Waals surface area contributed by atoms with Crippen molar-refractivity contribution in [2.24, 2.45) is 5.41 Å². The third-order valence-electron chi connectivity index (χ3n) is 5.13. The number of likely N-dealkylation sites (tertiary alicyclic amines) is 1. The molecule has 1 fully saturated rings. The standard InChI is InChI=1S/C17H29NO4/c1-16(2)10-12-18(11-6-4-8-14-20)17(16,15(21)22)9-5-3-7-13-19/h13-14H,3-12H2,1-2H3,(H,21,22). The zero-order chi connectivity index (χ0) is 16.6. The number of nitrogens with zero attached hydrogens (tertiary/aromatic N) is 1. The molecule has 1 saturated heterocycles. The Hall–Kier alpha value is -1.23. The van der Waals surface area contributed by atoms with Crippen LogP contribution in [0.5, 0.6) is 0 Å². The van der Waals surface area contributed by atoms with Gasteiger partial charge in [-0.3, -0.25) is 9.69 Å². The summed E-state index contributed by atoms with van der Waals surface area (Å²) in [6.07, 6.45) is 7.43. The van der Waals surface area contributed by atoms with E-state index >= 15 is 0 Å². The molecule has 0 aromatic carbocycles. The summed E-state index contributed by atoms with van der Waals surface area (Å²) in [4.78, 5) is 35.1. The lowest BCUT2D eigenvalue weighted by atomic mass is 9.70. The highest BCUT2D eigenvalue weighted by atomic mass is 16.4. The molecule has 5 nitrogen and oxygen atoms in total. The first-order valence-corrected chi connectivity index (χ1v) is 8.28. The van der Waals surface area contributed by atoms with Crippen LogP contribution < -0.4 is 0 Å². The Balaban J connectivity index is 2.81. The molecule has 22 heavy (non-hydrogen) atoms. The molecule has 0 amide bonds. The van der Waals surface area contributed by atoms with Crippen LogP contribution in [0, 0.1) is 5.41 Å². The van der Waals surface area contributed by atoms with Gasteiger partial charge in [0.05, 0.1) is 0 Å². The quantitative estimate of drug-likeness (QED) is 0.469. The molecule has 0 aromatic heterocycles. The van der Waals surface area contributed by atoms with Gasteiger partial charge in [-0.2, -0.15) is 0 Å². The third kappa shape index (κ3) is 3.94. The zero-order valence-corrected chi connectivity index (χ0v) is 13.8.